The highest BCUT2D eigenvalue weighted by molar-refractivity contribution is 5.97. The molecular formula is C14H16N4O2. The lowest BCUT2D eigenvalue weighted by Gasteiger charge is -2.04. The number of aryl methyl sites for hydroxylation is 2. The number of aromatic nitrogens is 2. The summed E-state index contributed by atoms with van der Waals surface area (Å²) in [5.74, 6) is -0.396. The predicted molar refractivity (Wildman–Crippen MR) is 76.5 cm³/mol. The summed E-state index contributed by atoms with van der Waals surface area (Å²) in [4.78, 5) is 15.5. The monoisotopic (exact) mass is 272 g/mol. The number of carbonyl (C=O) groups excluding carboxylic acids is 1. The number of amides is 1. The number of nitrogens with zero attached hydrogens (tertiary/aromatic N) is 3. The minimum absolute atomic E-state index is 0.197. The van der Waals surface area contributed by atoms with Gasteiger partial charge in [0, 0.05) is 18.8 Å². The third-order valence-corrected chi connectivity index (χ3v) is 3.03. The lowest BCUT2D eigenvalue weighted by Crippen LogP contribution is -2.15. The highest BCUT2D eigenvalue weighted by atomic mass is 16.3. The summed E-state index contributed by atoms with van der Waals surface area (Å²) in [7, 11) is 1.62. The normalized spacial score (nSPS) is 11.1. The molecule has 1 aromatic carbocycles. The second kappa shape index (κ2) is 5.56. The summed E-state index contributed by atoms with van der Waals surface area (Å²) in [5, 5.41) is 14.0. The van der Waals surface area contributed by atoms with E-state index < -0.39 is 5.91 Å². The molecule has 6 heteroatoms. The van der Waals surface area contributed by atoms with E-state index in [0.717, 1.165) is 12.0 Å². The van der Waals surface area contributed by atoms with Gasteiger partial charge in [-0.2, -0.15) is 5.10 Å². The quantitative estimate of drug-likeness (QED) is 0.826. The van der Waals surface area contributed by atoms with E-state index in [-0.39, 0.29) is 11.4 Å². The van der Waals surface area contributed by atoms with Crippen LogP contribution in [-0.2, 0) is 13.5 Å². The van der Waals surface area contributed by atoms with E-state index in [1.165, 1.54) is 17.1 Å². The molecule has 0 unspecified atom stereocenters. The van der Waals surface area contributed by atoms with Crippen molar-refractivity contribution in [3.8, 4) is 5.75 Å². The number of hydrogen-bond donors (Lipinski definition) is 2. The van der Waals surface area contributed by atoms with Crippen molar-refractivity contribution in [1.82, 2.24) is 9.78 Å². The number of aliphatic imine (C=N–C) groups is 1. The van der Waals surface area contributed by atoms with Crippen LogP contribution in [0.15, 0.2) is 29.4 Å². The zero-order chi connectivity index (χ0) is 14.7. The van der Waals surface area contributed by atoms with E-state index >= 15 is 0 Å². The molecule has 0 saturated carbocycles. The maximum absolute atomic E-state index is 11.3. The van der Waals surface area contributed by atoms with Crippen molar-refractivity contribution in [2.45, 2.75) is 13.3 Å². The molecule has 0 aliphatic heterocycles. The molecule has 1 amide bonds. The molecule has 1 heterocycles. The highest BCUT2D eigenvalue weighted by Gasteiger charge is 2.13. The largest absolute Gasteiger partial charge is 0.507 e. The molecule has 2 rings (SSSR count). The fourth-order valence-corrected chi connectivity index (χ4v) is 1.95. The summed E-state index contributed by atoms with van der Waals surface area (Å²) in [6.45, 7) is 1.96. The Hall–Kier alpha value is -2.63. The van der Waals surface area contributed by atoms with Gasteiger partial charge in [0.15, 0.2) is 5.69 Å². The predicted octanol–water partition coefficient (Wildman–Crippen LogP) is 1.54. The Morgan fingerprint density at radius 2 is 2.30 bits per heavy atom. The molecule has 0 fully saturated rings. The fraction of sp³-hybridized carbons (Fsp3) is 0.214. The molecule has 0 aliphatic rings. The first-order valence-electron chi connectivity index (χ1n) is 6.21. The molecule has 20 heavy (non-hydrogen) atoms. The maximum atomic E-state index is 11.3. The van der Waals surface area contributed by atoms with Crippen LogP contribution in [0.5, 0.6) is 5.75 Å². The molecule has 0 aliphatic carbocycles. The number of phenolic OH excluding ortho intramolecular Hbond substituents is 1. The van der Waals surface area contributed by atoms with Gasteiger partial charge in [-0.25, -0.2) is 0 Å². The second-order valence-electron chi connectivity index (χ2n) is 4.33. The number of carbonyl (C=O) groups is 1. The SMILES string of the molecule is CCc1cccc(C=Nc2cnn(C)c2C(N)=O)c1O. The molecule has 6 nitrogen and oxygen atoms in total. The average Bonchev–Trinajstić information content (AvgIpc) is 2.79. The Morgan fingerprint density at radius 1 is 1.55 bits per heavy atom. The first-order valence-corrected chi connectivity index (χ1v) is 6.21. The topological polar surface area (TPSA) is 93.5 Å². The minimum Gasteiger partial charge on any atom is -0.507 e. The molecule has 0 radical (unpaired) electrons. The molecule has 0 saturated heterocycles. The number of para-hydroxylation sites is 1. The number of benzene rings is 1. The first-order chi connectivity index (χ1) is 9.54. The van der Waals surface area contributed by atoms with E-state index in [1.807, 2.05) is 19.1 Å². The smallest absolute Gasteiger partial charge is 0.269 e. The van der Waals surface area contributed by atoms with Gasteiger partial charge in [-0.1, -0.05) is 19.1 Å². The lowest BCUT2D eigenvalue weighted by molar-refractivity contribution is 0.0992. The first kappa shape index (κ1) is 13.8. The summed E-state index contributed by atoms with van der Waals surface area (Å²) >= 11 is 0. The van der Waals surface area contributed by atoms with Crippen LogP contribution in [0.1, 0.15) is 28.5 Å². The zero-order valence-electron chi connectivity index (χ0n) is 11.4. The minimum atomic E-state index is -0.594. The maximum Gasteiger partial charge on any atom is 0.269 e. The molecule has 0 spiro atoms. The van der Waals surface area contributed by atoms with Crippen LogP contribution in [0.4, 0.5) is 5.69 Å². The Bertz CT molecular complexity index is 674. The molecule has 2 aromatic rings. The molecule has 0 atom stereocenters. The molecule has 3 N–H and O–H groups in total. The standard InChI is InChI=1S/C14H16N4O2/c1-3-9-5-4-6-10(13(9)19)7-16-11-8-17-18(2)12(11)14(15)20/h4-8,19H,3H2,1-2H3,(H2,15,20). The van der Waals surface area contributed by atoms with E-state index in [2.05, 4.69) is 10.1 Å². The van der Waals surface area contributed by atoms with Crippen LogP contribution in [0.3, 0.4) is 0 Å². The fourth-order valence-electron chi connectivity index (χ4n) is 1.95. The lowest BCUT2D eigenvalue weighted by atomic mass is 10.1. The Morgan fingerprint density at radius 3 is 2.95 bits per heavy atom. The van der Waals surface area contributed by atoms with E-state index in [9.17, 15) is 9.90 Å². The molecule has 104 valence electrons. The van der Waals surface area contributed by atoms with Crippen molar-refractivity contribution in [1.29, 1.82) is 0 Å². The number of primary amides is 1. The van der Waals surface area contributed by atoms with Crippen molar-refractivity contribution >= 4 is 17.8 Å². The highest BCUT2D eigenvalue weighted by Crippen LogP contribution is 2.23. The number of hydrogen-bond acceptors (Lipinski definition) is 4. The van der Waals surface area contributed by atoms with Gasteiger partial charge in [-0.15, -0.1) is 0 Å². The molecule has 0 bridgehead atoms. The van der Waals surface area contributed by atoms with E-state index in [1.54, 1.807) is 13.1 Å². The second-order valence-corrected chi connectivity index (χ2v) is 4.33. The van der Waals surface area contributed by atoms with Gasteiger partial charge in [0.1, 0.15) is 11.4 Å². The summed E-state index contributed by atoms with van der Waals surface area (Å²) < 4.78 is 1.37. The summed E-state index contributed by atoms with van der Waals surface area (Å²) in [6.07, 6.45) is 3.68. The Labute approximate surface area is 116 Å². The van der Waals surface area contributed by atoms with Crippen LogP contribution in [0, 0.1) is 0 Å². The van der Waals surface area contributed by atoms with Crippen molar-refractivity contribution in [2.24, 2.45) is 17.8 Å². The van der Waals surface area contributed by atoms with Crippen LogP contribution < -0.4 is 5.73 Å². The van der Waals surface area contributed by atoms with Gasteiger partial charge in [0.2, 0.25) is 0 Å². The third kappa shape index (κ3) is 2.54. The Kier molecular flexibility index (Phi) is 3.84. The number of rotatable bonds is 4. The van der Waals surface area contributed by atoms with Crippen LogP contribution >= 0.6 is 0 Å². The van der Waals surface area contributed by atoms with E-state index in [0.29, 0.717) is 11.3 Å². The van der Waals surface area contributed by atoms with Gasteiger partial charge < -0.3 is 10.8 Å². The number of nitrogens with two attached hydrogens (primary N) is 1. The third-order valence-electron chi connectivity index (χ3n) is 3.03. The summed E-state index contributed by atoms with van der Waals surface area (Å²) in [5.41, 5.74) is 7.32. The average molecular weight is 272 g/mol. The summed E-state index contributed by atoms with van der Waals surface area (Å²) in [6, 6.07) is 5.45. The number of phenols is 1. The van der Waals surface area contributed by atoms with Gasteiger partial charge >= 0.3 is 0 Å². The van der Waals surface area contributed by atoms with Crippen LogP contribution in [0.25, 0.3) is 0 Å². The van der Waals surface area contributed by atoms with Crippen molar-refractivity contribution in [3.05, 3.63) is 41.2 Å². The van der Waals surface area contributed by atoms with Gasteiger partial charge in [-0.05, 0) is 18.1 Å². The molecular weight excluding hydrogens is 256 g/mol. The zero-order valence-corrected chi connectivity index (χ0v) is 11.4. The van der Waals surface area contributed by atoms with Crippen molar-refractivity contribution in [3.63, 3.8) is 0 Å². The Balaban J connectivity index is 2.38. The van der Waals surface area contributed by atoms with Crippen molar-refractivity contribution < 1.29 is 9.90 Å². The van der Waals surface area contributed by atoms with Gasteiger partial charge in [0.05, 0.1) is 6.20 Å². The van der Waals surface area contributed by atoms with E-state index in [4.69, 9.17) is 5.73 Å². The number of aromatic hydroxyl groups is 1. The van der Waals surface area contributed by atoms with Gasteiger partial charge in [0.25, 0.3) is 5.91 Å². The van der Waals surface area contributed by atoms with Crippen LogP contribution in [-0.4, -0.2) is 27.0 Å². The van der Waals surface area contributed by atoms with Crippen molar-refractivity contribution in [2.75, 3.05) is 0 Å². The molecule has 1 aromatic heterocycles. The van der Waals surface area contributed by atoms with Crippen LogP contribution in [0.2, 0.25) is 0 Å². The van der Waals surface area contributed by atoms with Gasteiger partial charge in [-0.3, -0.25) is 14.5 Å².